The Labute approximate surface area is 177 Å². The second kappa shape index (κ2) is 8.23. The highest BCUT2D eigenvalue weighted by Crippen LogP contribution is 2.30. The third kappa shape index (κ3) is 3.68. The third-order valence-electron chi connectivity index (χ3n) is 5.49. The van der Waals surface area contributed by atoms with Crippen LogP contribution in [0.2, 0.25) is 0 Å². The molecule has 5 aromatic carbocycles. The first-order chi connectivity index (χ1) is 14.9. The Kier molecular flexibility index (Phi) is 4.98. The molecule has 0 aliphatic carbocycles. The van der Waals surface area contributed by atoms with Crippen molar-refractivity contribution in [3.63, 3.8) is 0 Å². The molecule has 0 saturated heterocycles. The predicted molar refractivity (Wildman–Crippen MR) is 131 cm³/mol. The Balaban J connectivity index is 1.72. The average Bonchev–Trinajstić information content (AvgIpc) is 2.82. The Morgan fingerprint density at radius 2 is 1.10 bits per heavy atom. The molecule has 0 bridgehead atoms. The molecule has 0 atom stereocenters. The topological polar surface area (TPSA) is 0 Å². The van der Waals surface area contributed by atoms with E-state index in [-0.39, 0.29) is 0 Å². The summed E-state index contributed by atoms with van der Waals surface area (Å²) in [5.41, 5.74) is 4.87. The fraction of sp³-hybridized carbons (Fsp3) is 0. The van der Waals surface area contributed by atoms with Crippen molar-refractivity contribution in [2.45, 2.75) is 0 Å². The first kappa shape index (κ1) is 18.1. The van der Waals surface area contributed by atoms with Gasteiger partial charge in [0.15, 0.2) is 0 Å². The Morgan fingerprint density at radius 3 is 1.90 bits per heavy atom. The van der Waals surface area contributed by atoms with E-state index in [1.54, 1.807) is 0 Å². The Bertz CT molecular complexity index is 1360. The second-order valence-electron chi connectivity index (χ2n) is 7.44. The van der Waals surface area contributed by atoms with Crippen LogP contribution in [0.1, 0.15) is 16.7 Å². The van der Waals surface area contributed by atoms with E-state index in [1.807, 2.05) is 0 Å². The maximum absolute atomic E-state index is 2.31. The van der Waals surface area contributed by atoms with E-state index in [0.717, 1.165) is 0 Å². The van der Waals surface area contributed by atoms with Crippen molar-refractivity contribution in [3.05, 3.63) is 138 Å². The van der Waals surface area contributed by atoms with Crippen LogP contribution in [0.25, 0.3) is 39.3 Å². The normalized spacial score (nSPS) is 12.1. The van der Waals surface area contributed by atoms with Gasteiger partial charge in [0.2, 0.25) is 0 Å². The van der Waals surface area contributed by atoms with Gasteiger partial charge in [-0.1, -0.05) is 127 Å². The summed E-state index contributed by atoms with van der Waals surface area (Å²) in [4.78, 5) is 0. The molecule has 0 radical (unpaired) electrons. The summed E-state index contributed by atoms with van der Waals surface area (Å²) in [6, 6.07) is 40.7. The summed E-state index contributed by atoms with van der Waals surface area (Å²) in [7, 11) is 0. The van der Waals surface area contributed by atoms with E-state index in [4.69, 9.17) is 0 Å². The van der Waals surface area contributed by atoms with Gasteiger partial charge in [0.1, 0.15) is 0 Å². The quantitative estimate of drug-likeness (QED) is 0.217. The summed E-state index contributed by atoms with van der Waals surface area (Å²) in [6.45, 7) is 0. The van der Waals surface area contributed by atoms with Gasteiger partial charge in [-0.2, -0.15) is 0 Å². The van der Waals surface area contributed by atoms with E-state index in [0.29, 0.717) is 0 Å². The molecule has 142 valence electrons. The van der Waals surface area contributed by atoms with Crippen LogP contribution < -0.4 is 0 Å². The number of benzene rings is 5. The molecule has 5 aromatic rings. The highest BCUT2D eigenvalue weighted by Gasteiger charge is 2.06. The van der Waals surface area contributed by atoms with E-state index in [1.165, 1.54) is 43.8 Å². The number of hydrogen-bond acceptors (Lipinski definition) is 0. The molecule has 30 heavy (non-hydrogen) atoms. The van der Waals surface area contributed by atoms with Gasteiger partial charge in [-0.3, -0.25) is 0 Å². The van der Waals surface area contributed by atoms with Crippen LogP contribution in [0, 0.1) is 0 Å². The van der Waals surface area contributed by atoms with Crippen molar-refractivity contribution in [3.8, 4) is 0 Å². The SMILES string of the molecule is C(=Cc1ccccc1)C(=Cc1cccc2ccccc12)c1cccc2ccccc12. The zero-order valence-electron chi connectivity index (χ0n) is 16.7. The van der Waals surface area contributed by atoms with Crippen LogP contribution in [0.5, 0.6) is 0 Å². The molecule has 0 N–H and O–H groups in total. The molecular formula is C30H22. The van der Waals surface area contributed by atoms with Crippen molar-refractivity contribution in [2.24, 2.45) is 0 Å². The van der Waals surface area contributed by atoms with Gasteiger partial charge in [0, 0.05) is 0 Å². The number of fused-ring (bicyclic) bond motifs is 2. The molecule has 0 spiro atoms. The summed E-state index contributed by atoms with van der Waals surface area (Å²) in [6.07, 6.45) is 6.74. The standard InChI is InChI=1S/C30H22/c1-2-10-23(11-3-1)20-21-27(30-19-9-15-25-13-5-7-18-29(25)30)22-26-16-8-14-24-12-4-6-17-28(24)26/h1-22H. The van der Waals surface area contributed by atoms with E-state index >= 15 is 0 Å². The molecule has 0 unspecified atom stereocenters. The maximum atomic E-state index is 2.31. The fourth-order valence-electron chi connectivity index (χ4n) is 3.99. The van der Waals surface area contributed by atoms with Gasteiger partial charge < -0.3 is 0 Å². The summed E-state index contributed by atoms with van der Waals surface area (Å²) in [5, 5.41) is 5.05. The minimum atomic E-state index is 1.20. The van der Waals surface area contributed by atoms with Gasteiger partial charge in [-0.15, -0.1) is 0 Å². The lowest BCUT2D eigenvalue weighted by atomic mass is 9.94. The second-order valence-corrected chi connectivity index (χ2v) is 7.44. The summed E-state index contributed by atoms with van der Waals surface area (Å²) < 4.78 is 0. The summed E-state index contributed by atoms with van der Waals surface area (Å²) >= 11 is 0. The lowest BCUT2D eigenvalue weighted by Gasteiger charge is -2.10. The molecule has 0 saturated carbocycles. The van der Waals surface area contributed by atoms with Crippen molar-refractivity contribution in [2.75, 3.05) is 0 Å². The molecule has 5 rings (SSSR count). The molecule has 0 aromatic heterocycles. The number of rotatable bonds is 4. The first-order valence-corrected chi connectivity index (χ1v) is 10.3. The Hall–Kier alpha value is -3.90. The molecule has 0 amide bonds. The maximum Gasteiger partial charge on any atom is -0.0105 e. The molecule has 0 fully saturated rings. The lowest BCUT2D eigenvalue weighted by Crippen LogP contribution is -1.86. The van der Waals surface area contributed by atoms with Gasteiger partial charge in [0.25, 0.3) is 0 Å². The number of hydrogen-bond donors (Lipinski definition) is 0. The molecule has 0 heteroatoms. The highest BCUT2D eigenvalue weighted by atomic mass is 14.1. The largest absolute Gasteiger partial charge is 0.0622 e. The molecule has 0 aliphatic heterocycles. The zero-order chi connectivity index (χ0) is 20.2. The van der Waals surface area contributed by atoms with Gasteiger partial charge in [0.05, 0.1) is 0 Å². The van der Waals surface area contributed by atoms with Crippen LogP contribution >= 0.6 is 0 Å². The van der Waals surface area contributed by atoms with Gasteiger partial charge >= 0.3 is 0 Å². The highest BCUT2D eigenvalue weighted by molar-refractivity contribution is 6.04. The van der Waals surface area contributed by atoms with Crippen LogP contribution in [0.4, 0.5) is 0 Å². The minimum absolute atomic E-state index is 1.20. The monoisotopic (exact) mass is 382 g/mol. The first-order valence-electron chi connectivity index (χ1n) is 10.3. The van der Waals surface area contributed by atoms with E-state index in [2.05, 4.69) is 133 Å². The molecule has 0 heterocycles. The molecular weight excluding hydrogens is 360 g/mol. The van der Waals surface area contributed by atoms with Crippen molar-refractivity contribution in [1.29, 1.82) is 0 Å². The van der Waals surface area contributed by atoms with E-state index < -0.39 is 0 Å². The predicted octanol–water partition coefficient (Wildman–Crippen LogP) is 8.25. The zero-order valence-corrected chi connectivity index (χ0v) is 16.7. The lowest BCUT2D eigenvalue weighted by molar-refractivity contribution is 1.65. The van der Waals surface area contributed by atoms with Crippen molar-refractivity contribution < 1.29 is 0 Å². The average molecular weight is 383 g/mol. The molecule has 0 aliphatic rings. The van der Waals surface area contributed by atoms with Crippen LogP contribution in [-0.2, 0) is 0 Å². The summed E-state index contributed by atoms with van der Waals surface area (Å²) in [5.74, 6) is 0. The van der Waals surface area contributed by atoms with E-state index in [9.17, 15) is 0 Å². The third-order valence-corrected chi connectivity index (χ3v) is 5.49. The molecule has 0 nitrogen and oxygen atoms in total. The smallest absolute Gasteiger partial charge is 0.0105 e. The van der Waals surface area contributed by atoms with Gasteiger partial charge in [-0.25, -0.2) is 0 Å². The van der Waals surface area contributed by atoms with Crippen LogP contribution in [-0.4, -0.2) is 0 Å². The number of allylic oxidation sites excluding steroid dienone is 2. The minimum Gasteiger partial charge on any atom is -0.0622 e. The fourth-order valence-corrected chi connectivity index (χ4v) is 3.99. The van der Waals surface area contributed by atoms with Gasteiger partial charge in [-0.05, 0) is 49.9 Å². The van der Waals surface area contributed by atoms with Crippen LogP contribution in [0.15, 0.2) is 121 Å². The Morgan fingerprint density at radius 1 is 0.500 bits per heavy atom. The van der Waals surface area contributed by atoms with Crippen molar-refractivity contribution in [1.82, 2.24) is 0 Å². The van der Waals surface area contributed by atoms with Crippen LogP contribution in [0.3, 0.4) is 0 Å². The van der Waals surface area contributed by atoms with Crippen molar-refractivity contribution >= 4 is 39.3 Å².